The van der Waals surface area contributed by atoms with Gasteiger partial charge in [-0.15, -0.1) is 0 Å². The Balaban J connectivity index is 2.72. The summed E-state index contributed by atoms with van der Waals surface area (Å²) in [6.07, 6.45) is 5.35. The zero-order chi connectivity index (χ0) is 15.0. The summed E-state index contributed by atoms with van der Waals surface area (Å²) in [5.74, 6) is 0.565. The van der Waals surface area contributed by atoms with Crippen molar-refractivity contribution in [1.82, 2.24) is 5.32 Å². The number of carbonyl (C=O) groups is 1. The van der Waals surface area contributed by atoms with Crippen molar-refractivity contribution in [2.75, 3.05) is 12.8 Å². The molecule has 0 spiro atoms. The zero-order valence-electron chi connectivity index (χ0n) is 12.7. The number of carbonyl (C=O) groups excluding carboxylic acids is 1. The highest BCUT2D eigenvalue weighted by atomic mass is 16.5. The lowest BCUT2D eigenvalue weighted by atomic mass is 10.0. The van der Waals surface area contributed by atoms with Gasteiger partial charge in [0.05, 0.1) is 12.7 Å². The molecule has 0 aliphatic rings. The van der Waals surface area contributed by atoms with E-state index in [0.29, 0.717) is 17.0 Å². The van der Waals surface area contributed by atoms with Crippen LogP contribution in [0.3, 0.4) is 0 Å². The second-order valence-electron chi connectivity index (χ2n) is 5.05. The first kappa shape index (κ1) is 16.3. The van der Waals surface area contributed by atoms with E-state index in [2.05, 4.69) is 19.2 Å². The highest BCUT2D eigenvalue weighted by molar-refractivity contribution is 5.99. The third-order valence-corrected chi connectivity index (χ3v) is 3.38. The SMILES string of the molecule is CCCCC(CCC)NC(=O)c1ccc(OC)cc1N. The van der Waals surface area contributed by atoms with Crippen LogP contribution in [0.2, 0.25) is 0 Å². The number of ether oxygens (including phenoxy) is 1. The minimum Gasteiger partial charge on any atom is -0.497 e. The fraction of sp³-hybridized carbons (Fsp3) is 0.562. The van der Waals surface area contributed by atoms with Crippen molar-refractivity contribution in [3.05, 3.63) is 23.8 Å². The van der Waals surface area contributed by atoms with Crippen molar-refractivity contribution in [1.29, 1.82) is 0 Å². The maximum Gasteiger partial charge on any atom is 0.253 e. The number of methoxy groups -OCH3 is 1. The summed E-state index contributed by atoms with van der Waals surface area (Å²) < 4.78 is 5.09. The Bertz CT molecular complexity index is 432. The molecule has 0 aliphatic heterocycles. The van der Waals surface area contributed by atoms with E-state index in [0.717, 1.165) is 32.1 Å². The van der Waals surface area contributed by atoms with E-state index in [9.17, 15) is 4.79 Å². The van der Waals surface area contributed by atoms with Gasteiger partial charge >= 0.3 is 0 Å². The summed E-state index contributed by atoms with van der Waals surface area (Å²) in [4.78, 5) is 12.3. The van der Waals surface area contributed by atoms with Gasteiger partial charge in [0.15, 0.2) is 0 Å². The minimum absolute atomic E-state index is 0.0975. The van der Waals surface area contributed by atoms with E-state index in [1.807, 2.05) is 0 Å². The van der Waals surface area contributed by atoms with Crippen LogP contribution in [0.4, 0.5) is 5.69 Å². The Kier molecular flexibility index (Phi) is 6.91. The van der Waals surface area contributed by atoms with Crippen LogP contribution in [0.5, 0.6) is 5.75 Å². The summed E-state index contributed by atoms with van der Waals surface area (Å²) in [5.41, 5.74) is 6.88. The van der Waals surface area contributed by atoms with Crippen LogP contribution in [0, 0.1) is 0 Å². The molecule has 4 nitrogen and oxygen atoms in total. The van der Waals surface area contributed by atoms with E-state index >= 15 is 0 Å². The first-order chi connectivity index (χ1) is 9.62. The highest BCUT2D eigenvalue weighted by Gasteiger charge is 2.15. The number of unbranched alkanes of at least 4 members (excludes halogenated alkanes) is 1. The summed E-state index contributed by atoms with van der Waals surface area (Å²) in [6, 6.07) is 5.38. The molecule has 1 aromatic rings. The number of nitrogens with one attached hydrogen (secondary N) is 1. The molecule has 3 N–H and O–H groups in total. The van der Waals surface area contributed by atoms with Gasteiger partial charge in [0.1, 0.15) is 5.75 Å². The Morgan fingerprint density at radius 1 is 1.30 bits per heavy atom. The quantitative estimate of drug-likeness (QED) is 0.717. The molecule has 0 bridgehead atoms. The molecular weight excluding hydrogens is 252 g/mol. The zero-order valence-corrected chi connectivity index (χ0v) is 12.7. The van der Waals surface area contributed by atoms with E-state index in [-0.39, 0.29) is 11.9 Å². The smallest absolute Gasteiger partial charge is 0.253 e. The van der Waals surface area contributed by atoms with Gasteiger partial charge in [-0.3, -0.25) is 4.79 Å². The summed E-state index contributed by atoms with van der Waals surface area (Å²) in [6.45, 7) is 4.29. The Hall–Kier alpha value is -1.71. The van der Waals surface area contributed by atoms with Crippen LogP contribution in [0.1, 0.15) is 56.3 Å². The standard InChI is InChI=1S/C16H26N2O2/c1-4-6-8-12(7-5-2)18-16(19)14-10-9-13(20-3)11-15(14)17/h9-12H,4-8,17H2,1-3H3,(H,18,19). The lowest BCUT2D eigenvalue weighted by Gasteiger charge is -2.18. The van der Waals surface area contributed by atoms with Crippen LogP contribution in [-0.4, -0.2) is 19.1 Å². The lowest BCUT2D eigenvalue weighted by molar-refractivity contribution is 0.0933. The van der Waals surface area contributed by atoms with Gasteiger partial charge in [0, 0.05) is 17.8 Å². The van der Waals surface area contributed by atoms with Gasteiger partial charge in [-0.1, -0.05) is 33.1 Å². The number of hydrogen-bond donors (Lipinski definition) is 2. The fourth-order valence-corrected chi connectivity index (χ4v) is 2.23. The van der Waals surface area contributed by atoms with Crippen LogP contribution in [0.25, 0.3) is 0 Å². The number of nitrogens with two attached hydrogens (primary N) is 1. The Morgan fingerprint density at radius 3 is 2.60 bits per heavy atom. The average Bonchev–Trinajstić information content (AvgIpc) is 2.44. The van der Waals surface area contributed by atoms with Crippen LogP contribution < -0.4 is 15.8 Å². The maximum absolute atomic E-state index is 12.3. The summed E-state index contributed by atoms with van der Waals surface area (Å²) >= 11 is 0. The van der Waals surface area contributed by atoms with Gasteiger partial charge in [0.25, 0.3) is 5.91 Å². The molecule has 0 fully saturated rings. The molecule has 0 saturated carbocycles. The van der Waals surface area contributed by atoms with Crippen molar-refractivity contribution >= 4 is 11.6 Å². The third-order valence-electron chi connectivity index (χ3n) is 3.38. The maximum atomic E-state index is 12.3. The van der Waals surface area contributed by atoms with Gasteiger partial charge in [-0.25, -0.2) is 0 Å². The number of hydrogen-bond acceptors (Lipinski definition) is 3. The summed E-state index contributed by atoms with van der Waals surface area (Å²) in [7, 11) is 1.58. The van der Waals surface area contributed by atoms with Crippen LogP contribution >= 0.6 is 0 Å². The van der Waals surface area contributed by atoms with Crippen molar-refractivity contribution in [2.24, 2.45) is 0 Å². The number of benzene rings is 1. The average molecular weight is 278 g/mol. The van der Waals surface area contributed by atoms with Crippen molar-refractivity contribution in [3.63, 3.8) is 0 Å². The monoisotopic (exact) mass is 278 g/mol. The molecule has 4 heteroatoms. The molecule has 20 heavy (non-hydrogen) atoms. The molecule has 0 aromatic heterocycles. The fourth-order valence-electron chi connectivity index (χ4n) is 2.23. The van der Waals surface area contributed by atoms with Crippen molar-refractivity contribution < 1.29 is 9.53 Å². The number of amides is 1. The van der Waals surface area contributed by atoms with E-state index in [1.54, 1.807) is 25.3 Å². The van der Waals surface area contributed by atoms with E-state index in [4.69, 9.17) is 10.5 Å². The number of nitrogen functional groups attached to an aromatic ring is 1. The third kappa shape index (κ3) is 4.76. The molecule has 0 radical (unpaired) electrons. The number of rotatable bonds is 8. The van der Waals surface area contributed by atoms with Gasteiger partial charge in [-0.2, -0.15) is 0 Å². The molecule has 1 atom stereocenters. The Labute approximate surface area is 121 Å². The first-order valence-corrected chi connectivity index (χ1v) is 7.36. The largest absolute Gasteiger partial charge is 0.497 e. The highest BCUT2D eigenvalue weighted by Crippen LogP contribution is 2.20. The van der Waals surface area contributed by atoms with Gasteiger partial charge < -0.3 is 15.8 Å². The van der Waals surface area contributed by atoms with Crippen LogP contribution in [-0.2, 0) is 0 Å². The molecule has 0 saturated heterocycles. The van der Waals surface area contributed by atoms with E-state index in [1.165, 1.54) is 0 Å². The van der Waals surface area contributed by atoms with Crippen molar-refractivity contribution in [2.45, 2.75) is 52.0 Å². The van der Waals surface area contributed by atoms with Gasteiger partial charge in [0.2, 0.25) is 0 Å². The van der Waals surface area contributed by atoms with E-state index < -0.39 is 0 Å². The first-order valence-electron chi connectivity index (χ1n) is 7.36. The Morgan fingerprint density at radius 2 is 2.05 bits per heavy atom. The predicted molar refractivity (Wildman–Crippen MR) is 83.1 cm³/mol. The molecule has 1 rings (SSSR count). The second-order valence-corrected chi connectivity index (χ2v) is 5.05. The normalized spacial score (nSPS) is 11.9. The van der Waals surface area contributed by atoms with Gasteiger partial charge in [-0.05, 0) is 25.0 Å². The second kappa shape index (κ2) is 8.46. The molecule has 1 aromatic carbocycles. The molecule has 1 unspecified atom stereocenters. The molecular formula is C16H26N2O2. The molecule has 0 aliphatic carbocycles. The molecule has 112 valence electrons. The number of anilines is 1. The van der Waals surface area contributed by atoms with Crippen molar-refractivity contribution in [3.8, 4) is 5.75 Å². The molecule has 1 amide bonds. The molecule has 0 heterocycles. The van der Waals surface area contributed by atoms with Crippen LogP contribution in [0.15, 0.2) is 18.2 Å². The minimum atomic E-state index is -0.0975. The summed E-state index contributed by atoms with van der Waals surface area (Å²) in [5, 5.41) is 3.09. The predicted octanol–water partition coefficient (Wildman–Crippen LogP) is 3.37. The lowest BCUT2D eigenvalue weighted by Crippen LogP contribution is -2.35. The topological polar surface area (TPSA) is 64.3 Å².